The summed E-state index contributed by atoms with van der Waals surface area (Å²) in [4.78, 5) is 11.7. The van der Waals surface area contributed by atoms with Crippen molar-refractivity contribution in [3.63, 3.8) is 0 Å². The maximum absolute atomic E-state index is 11.7. The van der Waals surface area contributed by atoms with Gasteiger partial charge in [-0.15, -0.1) is 0 Å². The van der Waals surface area contributed by atoms with Crippen molar-refractivity contribution in [2.24, 2.45) is 0 Å². The first-order chi connectivity index (χ1) is 7.87. The Morgan fingerprint density at radius 2 is 1.88 bits per heavy atom. The standard InChI is InChI=1S/C13H15BrO3/c1-13(2,3)17-12(15)11-10(16-11)8-4-6-9(14)7-5-8/h4-7,10-11H,1-3H3. The van der Waals surface area contributed by atoms with E-state index < -0.39 is 11.7 Å². The summed E-state index contributed by atoms with van der Waals surface area (Å²) in [6.45, 7) is 5.55. The second kappa shape index (κ2) is 4.42. The molecule has 0 saturated carbocycles. The number of rotatable bonds is 2. The van der Waals surface area contributed by atoms with Gasteiger partial charge in [0.1, 0.15) is 11.7 Å². The van der Waals surface area contributed by atoms with Crippen LogP contribution in [0.25, 0.3) is 0 Å². The van der Waals surface area contributed by atoms with Crippen LogP contribution >= 0.6 is 15.9 Å². The maximum Gasteiger partial charge on any atom is 0.338 e. The fourth-order valence-electron chi connectivity index (χ4n) is 1.56. The average Bonchev–Trinajstić information content (AvgIpc) is 2.96. The highest BCUT2D eigenvalue weighted by molar-refractivity contribution is 9.10. The molecule has 0 aromatic heterocycles. The van der Waals surface area contributed by atoms with Crippen molar-refractivity contribution in [3.8, 4) is 0 Å². The zero-order chi connectivity index (χ0) is 12.6. The summed E-state index contributed by atoms with van der Waals surface area (Å²) in [7, 11) is 0. The van der Waals surface area contributed by atoms with Crippen LogP contribution in [0.5, 0.6) is 0 Å². The molecule has 1 aromatic carbocycles. The lowest BCUT2D eigenvalue weighted by molar-refractivity contribution is -0.156. The van der Waals surface area contributed by atoms with Crippen LogP contribution in [-0.2, 0) is 14.3 Å². The van der Waals surface area contributed by atoms with E-state index >= 15 is 0 Å². The Hall–Kier alpha value is -0.870. The molecule has 3 nitrogen and oxygen atoms in total. The summed E-state index contributed by atoms with van der Waals surface area (Å²) < 4.78 is 11.6. The molecule has 1 fully saturated rings. The van der Waals surface area contributed by atoms with Gasteiger partial charge in [-0.25, -0.2) is 4.79 Å². The van der Waals surface area contributed by atoms with Crippen molar-refractivity contribution in [3.05, 3.63) is 34.3 Å². The number of carbonyl (C=O) groups excluding carboxylic acids is 1. The Balaban J connectivity index is 1.96. The minimum atomic E-state index is -0.465. The van der Waals surface area contributed by atoms with Gasteiger partial charge in [-0.05, 0) is 38.5 Å². The molecule has 1 heterocycles. The molecule has 1 aliphatic heterocycles. The molecule has 0 radical (unpaired) electrons. The lowest BCUT2D eigenvalue weighted by atomic mass is 10.1. The Bertz CT molecular complexity index is 419. The molecular weight excluding hydrogens is 284 g/mol. The van der Waals surface area contributed by atoms with Crippen LogP contribution in [0.2, 0.25) is 0 Å². The molecule has 0 amide bonds. The number of benzene rings is 1. The minimum Gasteiger partial charge on any atom is -0.458 e. The summed E-state index contributed by atoms with van der Waals surface area (Å²) in [5.41, 5.74) is 0.539. The average molecular weight is 299 g/mol. The van der Waals surface area contributed by atoms with E-state index in [0.29, 0.717) is 0 Å². The first-order valence-electron chi connectivity index (χ1n) is 5.50. The van der Waals surface area contributed by atoms with Crippen molar-refractivity contribution in [1.29, 1.82) is 0 Å². The van der Waals surface area contributed by atoms with Crippen LogP contribution < -0.4 is 0 Å². The van der Waals surface area contributed by atoms with E-state index in [4.69, 9.17) is 9.47 Å². The summed E-state index contributed by atoms with van der Waals surface area (Å²) in [5, 5.41) is 0. The number of ether oxygens (including phenoxy) is 2. The normalized spacial score (nSPS) is 23.3. The highest BCUT2D eigenvalue weighted by Crippen LogP contribution is 2.40. The molecule has 1 aromatic rings. The van der Waals surface area contributed by atoms with E-state index in [-0.39, 0.29) is 12.1 Å². The first kappa shape index (κ1) is 12.6. The van der Waals surface area contributed by atoms with E-state index in [0.717, 1.165) is 10.0 Å². The van der Waals surface area contributed by atoms with Gasteiger partial charge in [0.25, 0.3) is 0 Å². The van der Waals surface area contributed by atoms with Gasteiger partial charge in [-0.3, -0.25) is 0 Å². The quantitative estimate of drug-likeness (QED) is 0.621. The molecule has 0 aliphatic carbocycles. The van der Waals surface area contributed by atoms with Crippen LogP contribution in [0.4, 0.5) is 0 Å². The fourth-order valence-corrected chi connectivity index (χ4v) is 1.82. The van der Waals surface area contributed by atoms with Crippen molar-refractivity contribution in [1.82, 2.24) is 0 Å². The largest absolute Gasteiger partial charge is 0.458 e. The topological polar surface area (TPSA) is 38.8 Å². The van der Waals surface area contributed by atoms with E-state index in [1.807, 2.05) is 45.0 Å². The number of hydrogen-bond donors (Lipinski definition) is 0. The third-order valence-corrected chi connectivity index (χ3v) is 2.86. The predicted molar refractivity (Wildman–Crippen MR) is 67.6 cm³/mol. The molecule has 0 spiro atoms. The zero-order valence-corrected chi connectivity index (χ0v) is 11.7. The predicted octanol–water partition coefficient (Wildman–Crippen LogP) is 3.23. The van der Waals surface area contributed by atoms with Crippen LogP contribution in [0, 0.1) is 0 Å². The monoisotopic (exact) mass is 298 g/mol. The molecule has 2 rings (SSSR count). The van der Waals surface area contributed by atoms with Gasteiger partial charge in [0, 0.05) is 4.47 Å². The molecule has 1 aliphatic rings. The second-order valence-electron chi connectivity index (χ2n) is 5.06. The van der Waals surface area contributed by atoms with Crippen molar-refractivity contribution < 1.29 is 14.3 Å². The smallest absolute Gasteiger partial charge is 0.338 e. The summed E-state index contributed by atoms with van der Waals surface area (Å²) in [6, 6.07) is 7.75. The molecule has 4 heteroatoms. The zero-order valence-electron chi connectivity index (χ0n) is 10.1. The molecule has 1 saturated heterocycles. The third kappa shape index (κ3) is 3.30. The van der Waals surface area contributed by atoms with Crippen LogP contribution in [0.3, 0.4) is 0 Å². The lowest BCUT2D eigenvalue weighted by Crippen LogP contribution is -2.26. The Kier molecular flexibility index (Phi) is 3.27. The van der Waals surface area contributed by atoms with Gasteiger partial charge in [-0.2, -0.15) is 0 Å². The molecule has 2 atom stereocenters. The van der Waals surface area contributed by atoms with Gasteiger partial charge >= 0.3 is 5.97 Å². The van der Waals surface area contributed by atoms with E-state index in [9.17, 15) is 4.79 Å². The van der Waals surface area contributed by atoms with Crippen LogP contribution in [0.15, 0.2) is 28.7 Å². The summed E-state index contributed by atoms with van der Waals surface area (Å²) >= 11 is 3.37. The third-order valence-electron chi connectivity index (χ3n) is 2.33. The van der Waals surface area contributed by atoms with Crippen LogP contribution in [-0.4, -0.2) is 17.7 Å². The fraction of sp³-hybridized carbons (Fsp3) is 0.462. The van der Waals surface area contributed by atoms with E-state index in [1.54, 1.807) is 0 Å². The van der Waals surface area contributed by atoms with Crippen molar-refractivity contribution in [2.45, 2.75) is 38.6 Å². The molecular formula is C13H15BrO3. The molecule has 0 N–H and O–H groups in total. The highest BCUT2D eigenvalue weighted by atomic mass is 79.9. The van der Waals surface area contributed by atoms with Gasteiger partial charge in [0.05, 0.1) is 0 Å². The van der Waals surface area contributed by atoms with E-state index in [2.05, 4.69) is 15.9 Å². The molecule has 17 heavy (non-hydrogen) atoms. The maximum atomic E-state index is 11.7. The minimum absolute atomic E-state index is 0.155. The lowest BCUT2D eigenvalue weighted by Gasteiger charge is -2.18. The van der Waals surface area contributed by atoms with Gasteiger partial charge < -0.3 is 9.47 Å². The number of carbonyl (C=O) groups is 1. The Morgan fingerprint density at radius 3 is 2.41 bits per heavy atom. The van der Waals surface area contributed by atoms with E-state index in [1.165, 1.54) is 0 Å². The second-order valence-corrected chi connectivity index (χ2v) is 5.98. The van der Waals surface area contributed by atoms with Gasteiger partial charge in [-0.1, -0.05) is 28.1 Å². The summed E-state index contributed by atoms with van der Waals surface area (Å²) in [6.07, 6.45) is -0.603. The number of halogens is 1. The van der Waals surface area contributed by atoms with Crippen molar-refractivity contribution >= 4 is 21.9 Å². The van der Waals surface area contributed by atoms with Gasteiger partial charge in [0.15, 0.2) is 6.10 Å². The number of hydrogen-bond acceptors (Lipinski definition) is 3. The summed E-state index contributed by atoms with van der Waals surface area (Å²) in [5.74, 6) is -0.287. The highest BCUT2D eigenvalue weighted by Gasteiger charge is 2.48. The molecule has 2 unspecified atom stereocenters. The number of esters is 1. The Morgan fingerprint density at radius 1 is 1.29 bits per heavy atom. The Labute approximate surface area is 109 Å². The molecule has 0 bridgehead atoms. The van der Waals surface area contributed by atoms with Gasteiger partial charge in [0.2, 0.25) is 0 Å². The van der Waals surface area contributed by atoms with Crippen LogP contribution in [0.1, 0.15) is 32.4 Å². The van der Waals surface area contributed by atoms with Crippen molar-refractivity contribution in [2.75, 3.05) is 0 Å². The molecule has 92 valence electrons. The first-order valence-corrected chi connectivity index (χ1v) is 6.30. The SMILES string of the molecule is CC(C)(C)OC(=O)C1OC1c1ccc(Br)cc1. The number of epoxide rings is 1.